The molecule has 0 aliphatic rings. The molecule has 0 fully saturated rings. The zero-order valence-electron chi connectivity index (χ0n) is 10.4. The van der Waals surface area contributed by atoms with Crippen molar-refractivity contribution >= 4 is 26.8 Å². The van der Waals surface area contributed by atoms with E-state index >= 15 is 0 Å². The average Bonchev–Trinajstić information content (AvgIpc) is 2.47. The van der Waals surface area contributed by atoms with Gasteiger partial charge < -0.3 is 4.74 Å². The second kappa shape index (κ2) is 5.02. The van der Waals surface area contributed by atoms with Gasteiger partial charge in [0, 0.05) is 11.6 Å². The van der Waals surface area contributed by atoms with Gasteiger partial charge in [0.05, 0.1) is 11.6 Å². The van der Waals surface area contributed by atoms with Crippen LogP contribution in [0.25, 0.3) is 22.0 Å². The second-order valence-corrected chi connectivity index (χ2v) is 5.06. The Morgan fingerprint density at radius 1 is 1.05 bits per heavy atom. The van der Waals surface area contributed by atoms with E-state index in [1.807, 2.05) is 24.3 Å². The molecule has 0 saturated heterocycles. The number of aromatic nitrogens is 1. The van der Waals surface area contributed by atoms with Crippen LogP contribution in [0.1, 0.15) is 0 Å². The van der Waals surface area contributed by atoms with Crippen molar-refractivity contribution in [2.24, 2.45) is 0 Å². The minimum Gasteiger partial charge on any atom is -0.493 e. The summed E-state index contributed by atoms with van der Waals surface area (Å²) in [6.07, 6.45) is 1.78. The Bertz CT molecular complexity index is 725. The zero-order chi connectivity index (χ0) is 13.2. The standard InChI is InChI=1S/C16H12BrNO/c1-19-16-14(17)10-13(11-6-3-2-4-7-11)12-8-5-9-18-15(12)16/h2-10H,1H3. The third kappa shape index (κ3) is 2.10. The number of methoxy groups -OCH3 is 1. The van der Waals surface area contributed by atoms with Gasteiger partial charge in [0.25, 0.3) is 0 Å². The molecular weight excluding hydrogens is 302 g/mol. The molecule has 2 nitrogen and oxygen atoms in total. The Labute approximate surface area is 120 Å². The van der Waals surface area contributed by atoms with Gasteiger partial charge in [-0.05, 0) is 39.2 Å². The first-order valence-electron chi connectivity index (χ1n) is 5.98. The lowest BCUT2D eigenvalue weighted by molar-refractivity contribution is 0.416. The number of hydrogen-bond donors (Lipinski definition) is 0. The highest BCUT2D eigenvalue weighted by Crippen LogP contribution is 2.38. The molecule has 0 saturated carbocycles. The summed E-state index contributed by atoms with van der Waals surface area (Å²) in [5.74, 6) is 0.773. The van der Waals surface area contributed by atoms with Crippen LogP contribution < -0.4 is 4.74 Å². The molecule has 3 aromatic rings. The van der Waals surface area contributed by atoms with E-state index in [9.17, 15) is 0 Å². The maximum absolute atomic E-state index is 5.44. The molecule has 0 bridgehead atoms. The lowest BCUT2D eigenvalue weighted by Gasteiger charge is -2.12. The Kier molecular flexibility index (Phi) is 3.22. The van der Waals surface area contributed by atoms with Gasteiger partial charge in [-0.1, -0.05) is 36.4 Å². The van der Waals surface area contributed by atoms with Crippen LogP contribution in [0.2, 0.25) is 0 Å². The van der Waals surface area contributed by atoms with Crippen LogP contribution in [0.3, 0.4) is 0 Å². The number of halogens is 1. The van der Waals surface area contributed by atoms with Crippen LogP contribution in [-0.2, 0) is 0 Å². The van der Waals surface area contributed by atoms with Crippen molar-refractivity contribution < 1.29 is 4.74 Å². The zero-order valence-corrected chi connectivity index (χ0v) is 12.0. The fourth-order valence-electron chi connectivity index (χ4n) is 2.24. The molecular formula is C16H12BrNO. The van der Waals surface area contributed by atoms with Crippen LogP contribution in [0.15, 0.2) is 59.2 Å². The summed E-state index contributed by atoms with van der Waals surface area (Å²) in [6.45, 7) is 0. The topological polar surface area (TPSA) is 22.1 Å². The average molecular weight is 314 g/mol. The predicted molar refractivity (Wildman–Crippen MR) is 81.4 cm³/mol. The van der Waals surface area contributed by atoms with Crippen LogP contribution in [0.4, 0.5) is 0 Å². The highest BCUT2D eigenvalue weighted by atomic mass is 79.9. The molecule has 0 aliphatic carbocycles. The van der Waals surface area contributed by atoms with E-state index in [-0.39, 0.29) is 0 Å². The summed E-state index contributed by atoms with van der Waals surface area (Å²) in [5.41, 5.74) is 3.19. The van der Waals surface area contributed by atoms with Gasteiger partial charge in [-0.3, -0.25) is 4.98 Å². The molecule has 0 atom stereocenters. The van der Waals surface area contributed by atoms with Crippen molar-refractivity contribution in [1.82, 2.24) is 4.98 Å². The molecule has 0 spiro atoms. The normalized spacial score (nSPS) is 10.6. The quantitative estimate of drug-likeness (QED) is 0.685. The molecule has 94 valence electrons. The molecule has 1 heterocycles. The third-order valence-electron chi connectivity index (χ3n) is 3.09. The summed E-state index contributed by atoms with van der Waals surface area (Å²) in [4.78, 5) is 4.44. The first-order valence-corrected chi connectivity index (χ1v) is 6.77. The van der Waals surface area contributed by atoms with Gasteiger partial charge in [0.1, 0.15) is 5.52 Å². The van der Waals surface area contributed by atoms with Crippen molar-refractivity contribution in [1.29, 1.82) is 0 Å². The monoisotopic (exact) mass is 313 g/mol. The molecule has 19 heavy (non-hydrogen) atoms. The third-order valence-corrected chi connectivity index (χ3v) is 3.68. The number of ether oxygens (including phenoxy) is 1. The summed E-state index contributed by atoms with van der Waals surface area (Å²) < 4.78 is 6.36. The van der Waals surface area contributed by atoms with Crippen molar-refractivity contribution in [2.45, 2.75) is 0 Å². The van der Waals surface area contributed by atoms with Crippen molar-refractivity contribution in [2.75, 3.05) is 7.11 Å². The van der Waals surface area contributed by atoms with Gasteiger partial charge in [-0.2, -0.15) is 0 Å². The molecule has 1 aromatic heterocycles. The van der Waals surface area contributed by atoms with Crippen molar-refractivity contribution in [3.8, 4) is 16.9 Å². The minimum absolute atomic E-state index is 0.773. The highest BCUT2D eigenvalue weighted by Gasteiger charge is 2.12. The van der Waals surface area contributed by atoms with E-state index in [0.717, 1.165) is 26.7 Å². The lowest BCUT2D eigenvalue weighted by atomic mass is 10.0. The van der Waals surface area contributed by atoms with E-state index in [0.29, 0.717) is 0 Å². The molecule has 0 amide bonds. The molecule has 0 aliphatic heterocycles. The molecule has 0 N–H and O–H groups in total. The number of rotatable bonds is 2. The van der Waals surface area contributed by atoms with Gasteiger partial charge in [-0.15, -0.1) is 0 Å². The van der Waals surface area contributed by atoms with E-state index in [1.54, 1.807) is 13.3 Å². The van der Waals surface area contributed by atoms with Crippen molar-refractivity contribution in [3.05, 3.63) is 59.2 Å². The van der Waals surface area contributed by atoms with Gasteiger partial charge in [0.2, 0.25) is 0 Å². The molecule has 3 rings (SSSR count). The summed E-state index contributed by atoms with van der Waals surface area (Å²) >= 11 is 3.56. The maximum Gasteiger partial charge on any atom is 0.159 e. The van der Waals surface area contributed by atoms with E-state index < -0.39 is 0 Å². The number of hydrogen-bond acceptors (Lipinski definition) is 2. The van der Waals surface area contributed by atoms with Gasteiger partial charge in [0.15, 0.2) is 5.75 Å². The summed E-state index contributed by atoms with van der Waals surface area (Å²) in [5, 5.41) is 1.09. The predicted octanol–water partition coefficient (Wildman–Crippen LogP) is 4.67. The summed E-state index contributed by atoms with van der Waals surface area (Å²) in [7, 11) is 1.66. The van der Waals surface area contributed by atoms with E-state index in [1.165, 1.54) is 5.56 Å². The number of pyridine rings is 1. The van der Waals surface area contributed by atoms with Gasteiger partial charge >= 0.3 is 0 Å². The molecule has 3 heteroatoms. The van der Waals surface area contributed by atoms with Crippen molar-refractivity contribution in [3.63, 3.8) is 0 Å². The van der Waals surface area contributed by atoms with E-state index in [2.05, 4.69) is 45.2 Å². The fourth-order valence-corrected chi connectivity index (χ4v) is 2.82. The Morgan fingerprint density at radius 2 is 1.84 bits per heavy atom. The first kappa shape index (κ1) is 12.2. The Balaban J connectivity index is 2.38. The van der Waals surface area contributed by atoms with Gasteiger partial charge in [-0.25, -0.2) is 0 Å². The van der Waals surface area contributed by atoms with E-state index in [4.69, 9.17) is 4.74 Å². The largest absolute Gasteiger partial charge is 0.493 e. The molecule has 0 radical (unpaired) electrons. The van der Waals surface area contributed by atoms with Crippen LogP contribution in [0.5, 0.6) is 5.75 Å². The number of benzene rings is 2. The molecule has 0 unspecified atom stereocenters. The smallest absolute Gasteiger partial charge is 0.159 e. The maximum atomic E-state index is 5.44. The fraction of sp³-hybridized carbons (Fsp3) is 0.0625. The number of fused-ring (bicyclic) bond motifs is 1. The lowest BCUT2D eigenvalue weighted by Crippen LogP contribution is -1.91. The number of nitrogens with zero attached hydrogens (tertiary/aromatic N) is 1. The van der Waals surface area contributed by atoms with Crippen LogP contribution in [-0.4, -0.2) is 12.1 Å². The first-order chi connectivity index (χ1) is 9.31. The highest BCUT2D eigenvalue weighted by molar-refractivity contribution is 9.10. The Hall–Kier alpha value is -1.87. The second-order valence-electron chi connectivity index (χ2n) is 4.20. The minimum atomic E-state index is 0.773. The van der Waals surface area contributed by atoms with Crippen LogP contribution in [0, 0.1) is 0 Å². The SMILES string of the molecule is COc1c(Br)cc(-c2ccccc2)c2cccnc12. The van der Waals surface area contributed by atoms with Crippen LogP contribution >= 0.6 is 15.9 Å². The molecule has 2 aromatic carbocycles. The summed E-state index contributed by atoms with van der Waals surface area (Å²) in [6, 6.07) is 16.4. The Morgan fingerprint density at radius 3 is 2.58 bits per heavy atom.